The van der Waals surface area contributed by atoms with E-state index in [1.807, 2.05) is 17.0 Å². The molecule has 0 aliphatic carbocycles. The van der Waals surface area contributed by atoms with Gasteiger partial charge in [-0.3, -0.25) is 9.69 Å². The highest BCUT2D eigenvalue weighted by Gasteiger charge is 2.24. The number of rotatable bonds is 8. The van der Waals surface area contributed by atoms with Crippen LogP contribution in [0.5, 0.6) is 5.75 Å². The Labute approximate surface area is 215 Å². The molecule has 1 aromatic carbocycles. The number of guanidine groups is 1. The summed E-state index contributed by atoms with van der Waals surface area (Å²) in [5.74, 6) is 2.51. The second-order valence-electron chi connectivity index (χ2n) is 8.53. The zero-order valence-corrected chi connectivity index (χ0v) is 22.6. The molecule has 186 valence electrons. The van der Waals surface area contributed by atoms with Crippen molar-refractivity contribution in [2.24, 2.45) is 4.99 Å². The van der Waals surface area contributed by atoms with E-state index in [-0.39, 0.29) is 29.9 Å². The van der Waals surface area contributed by atoms with Crippen LogP contribution >= 0.6 is 24.0 Å². The molecule has 2 heterocycles. The van der Waals surface area contributed by atoms with Crippen molar-refractivity contribution in [3.05, 3.63) is 29.8 Å². The van der Waals surface area contributed by atoms with E-state index in [1.54, 1.807) is 0 Å². The van der Waals surface area contributed by atoms with Crippen molar-refractivity contribution >= 4 is 35.8 Å². The van der Waals surface area contributed by atoms with Crippen LogP contribution in [0.1, 0.15) is 32.3 Å². The van der Waals surface area contributed by atoms with Crippen LogP contribution in [0.4, 0.5) is 0 Å². The SMILES string of the molecule is CCNC(=NCCOc1ccccc1C(C)C)N1CCN(CC(=O)N2CCOCC2)CC1.I. The Hall–Kier alpha value is -1.59. The molecule has 8 nitrogen and oxygen atoms in total. The van der Waals surface area contributed by atoms with Crippen molar-refractivity contribution < 1.29 is 14.3 Å². The monoisotopic (exact) mass is 573 g/mol. The molecular weight excluding hydrogens is 533 g/mol. The molecule has 0 radical (unpaired) electrons. The average Bonchev–Trinajstić information content (AvgIpc) is 2.82. The minimum absolute atomic E-state index is 0. The molecule has 0 saturated carbocycles. The zero-order valence-electron chi connectivity index (χ0n) is 20.3. The van der Waals surface area contributed by atoms with Gasteiger partial charge in [-0.25, -0.2) is 4.99 Å². The van der Waals surface area contributed by atoms with Crippen molar-refractivity contribution in [2.45, 2.75) is 26.7 Å². The Morgan fingerprint density at radius 1 is 1.09 bits per heavy atom. The lowest BCUT2D eigenvalue weighted by Crippen LogP contribution is -2.55. The third-order valence-corrected chi connectivity index (χ3v) is 5.88. The molecule has 0 spiro atoms. The number of nitrogens with zero attached hydrogens (tertiary/aromatic N) is 4. The van der Waals surface area contributed by atoms with E-state index < -0.39 is 0 Å². The summed E-state index contributed by atoms with van der Waals surface area (Å²) in [6, 6.07) is 8.22. The lowest BCUT2D eigenvalue weighted by Gasteiger charge is -2.37. The van der Waals surface area contributed by atoms with Crippen LogP contribution in [-0.2, 0) is 9.53 Å². The first-order valence-corrected chi connectivity index (χ1v) is 11.9. The van der Waals surface area contributed by atoms with E-state index in [4.69, 9.17) is 14.5 Å². The van der Waals surface area contributed by atoms with Gasteiger partial charge in [-0.1, -0.05) is 32.0 Å². The predicted molar refractivity (Wildman–Crippen MR) is 143 cm³/mol. The molecule has 2 aliphatic heterocycles. The quantitative estimate of drug-likeness (QED) is 0.223. The van der Waals surface area contributed by atoms with Gasteiger partial charge in [-0.05, 0) is 24.5 Å². The number of carbonyl (C=O) groups is 1. The minimum atomic E-state index is 0. The summed E-state index contributed by atoms with van der Waals surface area (Å²) in [6.07, 6.45) is 0. The van der Waals surface area contributed by atoms with E-state index in [9.17, 15) is 4.79 Å². The first-order chi connectivity index (χ1) is 15.6. The first-order valence-electron chi connectivity index (χ1n) is 11.9. The van der Waals surface area contributed by atoms with E-state index >= 15 is 0 Å². The zero-order chi connectivity index (χ0) is 22.8. The van der Waals surface area contributed by atoms with Gasteiger partial charge in [0.2, 0.25) is 5.91 Å². The number of aliphatic imine (C=N–C) groups is 1. The molecule has 0 aromatic heterocycles. The maximum Gasteiger partial charge on any atom is 0.236 e. The van der Waals surface area contributed by atoms with E-state index in [0.29, 0.717) is 51.9 Å². The molecule has 0 unspecified atom stereocenters. The molecular formula is C24H40IN5O3. The van der Waals surface area contributed by atoms with Gasteiger partial charge in [0.15, 0.2) is 5.96 Å². The highest BCUT2D eigenvalue weighted by molar-refractivity contribution is 14.0. The van der Waals surface area contributed by atoms with Crippen LogP contribution in [0.3, 0.4) is 0 Å². The maximum absolute atomic E-state index is 12.5. The van der Waals surface area contributed by atoms with Crippen molar-refractivity contribution in [1.29, 1.82) is 0 Å². The number of morpholine rings is 1. The summed E-state index contributed by atoms with van der Waals surface area (Å²) in [7, 11) is 0. The number of ether oxygens (including phenoxy) is 2. The molecule has 1 N–H and O–H groups in total. The topological polar surface area (TPSA) is 69.6 Å². The summed E-state index contributed by atoms with van der Waals surface area (Å²) >= 11 is 0. The Bertz CT molecular complexity index is 747. The molecule has 2 fully saturated rings. The van der Waals surface area contributed by atoms with Crippen LogP contribution in [-0.4, -0.2) is 105 Å². The number of halogens is 1. The fourth-order valence-electron chi connectivity index (χ4n) is 4.04. The third-order valence-electron chi connectivity index (χ3n) is 5.88. The molecule has 3 rings (SSSR count). The lowest BCUT2D eigenvalue weighted by molar-refractivity contribution is -0.136. The van der Waals surface area contributed by atoms with Gasteiger partial charge >= 0.3 is 0 Å². The highest BCUT2D eigenvalue weighted by Crippen LogP contribution is 2.25. The molecule has 0 bridgehead atoms. The van der Waals surface area contributed by atoms with E-state index in [0.717, 1.165) is 44.4 Å². The number of amides is 1. The van der Waals surface area contributed by atoms with Gasteiger partial charge in [0.05, 0.1) is 26.3 Å². The Morgan fingerprint density at radius 3 is 2.45 bits per heavy atom. The summed E-state index contributed by atoms with van der Waals surface area (Å²) < 4.78 is 11.4. The summed E-state index contributed by atoms with van der Waals surface area (Å²) in [4.78, 5) is 23.7. The predicted octanol–water partition coefficient (Wildman–Crippen LogP) is 2.25. The second kappa shape index (κ2) is 14.6. The normalized spacial score (nSPS) is 17.6. The fraction of sp³-hybridized carbons (Fsp3) is 0.667. The largest absolute Gasteiger partial charge is 0.491 e. The number of para-hydroxylation sites is 1. The molecule has 9 heteroatoms. The molecule has 33 heavy (non-hydrogen) atoms. The van der Waals surface area contributed by atoms with Crippen molar-refractivity contribution in [3.8, 4) is 5.75 Å². The number of hydrogen-bond donors (Lipinski definition) is 1. The van der Waals surface area contributed by atoms with Gasteiger partial charge in [-0.2, -0.15) is 0 Å². The van der Waals surface area contributed by atoms with E-state index in [1.165, 1.54) is 5.56 Å². The van der Waals surface area contributed by atoms with Gasteiger partial charge in [-0.15, -0.1) is 24.0 Å². The molecule has 1 aromatic rings. The molecule has 2 saturated heterocycles. The summed E-state index contributed by atoms with van der Waals surface area (Å²) in [6.45, 7) is 15.1. The van der Waals surface area contributed by atoms with Crippen LogP contribution in [0, 0.1) is 0 Å². The van der Waals surface area contributed by atoms with Crippen LogP contribution in [0.15, 0.2) is 29.3 Å². The number of carbonyl (C=O) groups excluding carboxylic acids is 1. The summed E-state index contributed by atoms with van der Waals surface area (Å²) in [5.41, 5.74) is 1.23. The number of benzene rings is 1. The van der Waals surface area contributed by atoms with Crippen LogP contribution in [0.25, 0.3) is 0 Å². The van der Waals surface area contributed by atoms with Gasteiger partial charge in [0, 0.05) is 45.8 Å². The first kappa shape index (κ1) is 27.7. The Kier molecular flexibility index (Phi) is 12.3. The van der Waals surface area contributed by atoms with Crippen molar-refractivity contribution in [2.75, 3.05) is 78.7 Å². The smallest absolute Gasteiger partial charge is 0.236 e. The minimum Gasteiger partial charge on any atom is -0.491 e. The highest BCUT2D eigenvalue weighted by atomic mass is 127. The van der Waals surface area contributed by atoms with E-state index in [2.05, 4.69) is 48.0 Å². The average molecular weight is 574 g/mol. The summed E-state index contributed by atoms with van der Waals surface area (Å²) in [5, 5.41) is 3.40. The van der Waals surface area contributed by atoms with Gasteiger partial charge in [0.1, 0.15) is 12.4 Å². The molecule has 0 atom stereocenters. The van der Waals surface area contributed by atoms with Gasteiger partial charge < -0.3 is 24.6 Å². The van der Waals surface area contributed by atoms with Crippen LogP contribution in [0.2, 0.25) is 0 Å². The standard InChI is InChI=1S/C24H39N5O3.HI/c1-4-25-24(26-9-16-32-22-8-6-5-7-21(22)20(2)3)29-12-10-27(11-13-29)19-23(30)28-14-17-31-18-15-28;/h5-8,20H,4,9-19H2,1-3H3,(H,25,26);1H. The molecule has 2 aliphatic rings. The van der Waals surface area contributed by atoms with Gasteiger partial charge in [0.25, 0.3) is 0 Å². The lowest BCUT2D eigenvalue weighted by atomic mass is 10.0. The second-order valence-corrected chi connectivity index (χ2v) is 8.53. The number of piperazine rings is 1. The Balaban J connectivity index is 0.00000385. The number of nitrogens with one attached hydrogen (secondary N) is 1. The molecule has 1 amide bonds. The van der Waals surface area contributed by atoms with Crippen molar-refractivity contribution in [3.63, 3.8) is 0 Å². The number of hydrogen-bond acceptors (Lipinski definition) is 5. The third kappa shape index (κ3) is 8.60. The van der Waals surface area contributed by atoms with Crippen LogP contribution < -0.4 is 10.1 Å². The fourth-order valence-corrected chi connectivity index (χ4v) is 4.04. The van der Waals surface area contributed by atoms with Crippen molar-refractivity contribution in [1.82, 2.24) is 20.0 Å². The Morgan fingerprint density at radius 2 is 1.79 bits per heavy atom. The maximum atomic E-state index is 12.5.